The molecule has 2 amide bonds. The van der Waals surface area contributed by atoms with Gasteiger partial charge in [-0.2, -0.15) is 0 Å². The third-order valence-electron chi connectivity index (χ3n) is 3.22. The molecule has 1 rings (SSSR count). The second-order valence-corrected chi connectivity index (χ2v) is 7.05. The average Bonchev–Trinajstić information content (AvgIpc) is 2.52. The highest BCUT2D eigenvalue weighted by Crippen LogP contribution is 2.09. The lowest BCUT2D eigenvalue weighted by Gasteiger charge is -2.20. The topological polar surface area (TPSA) is 94.6 Å². The van der Waals surface area contributed by atoms with Gasteiger partial charge in [-0.1, -0.05) is 12.1 Å². The maximum absolute atomic E-state index is 11.9. The quantitative estimate of drug-likeness (QED) is 0.269. The van der Waals surface area contributed by atoms with Gasteiger partial charge in [-0.25, -0.2) is 4.99 Å². The molecule has 1 aromatic carbocycles. The predicted octanol–water partition coefficient (Wildman–Crippen LogP) is 2.28. The van der Waals surface area contributed by atoms with Crippen molar-refractivity contribution in [1.82, 2.24) is 16.0 Å². The highest BCUT2D eigenvalue weighted by Gasteiger charge is 2.13. The van der Waals surface area contributed by atoms with E-state index >= 15 is 0 Å². The Bertz CT molecular complexity index is 624. The molecule has 0 aliphatic heterocycles. The lowest BCUT2D eigenvalue weighted by molar-refractivity contribution is -0.121. The molecule has 4 N–H and O–H groups in total. The third kappa shape index (κ3) is 12.2. The van der Waals surface area contributed by atoms with Gasteiger partial charge in [-0.15, -0.1) is 24.0 Å². The van der Waals surface area contributed by atoms with Crippen molar-refractivity contribution in [2.75, 3.05) is 25.0 Å². The molecule has 27 heavy (non-hydrogen) atoms. The number of nitrogens with one attached hydrogen (secondary N) is 4. The van der Waals surface area contributed by atoms with E-state index in [2.05, 4.69) is 26.3 Å². The van der Waals surface area contributed by atoms with E-state index in [-0.39, 0.29) is 47.9 Å². The summed E-state index contributed by atoms with van der Waals surface area (Å²) in [5, 5.41) is 12.0. The van der Waals surface area contributed by atoms with Gasteiger partial charge in [0.15, 0.2) is 5.96 Å². The van der Waals surface area contributed by atoms with E-state index in [0.717, 1.165) is 24.2 Å². The standard InChI is InChI=1S/C19H31N5O2.HI/c1-6-20-18(22-13-17(26)24-19(3,4)5)21-12-11-15-7-9-16(10-8-15)23-14(2)25;/h7-10H,6,11-13H2,1-5H3,(H,23,25)(H,24,26)(H2,20,21,22);1H. The van der Waals surface area contributed by atoms with E-state index in [4.69, 9.17) is 0 Å². The summed E-state index contributed by atoms with van der Waals surface area (Å²) in [5.74, 6) is 0.427. The number of aliphatic imine (C=N–C) groups is 1. The molecule has 0 radical (unpaired) electrons. The maximum atomic E-state index is 11.9. The van der Waals surface area contributed by atoms with E-state index in [9.17, 15) is 9.59 Å². The summed E-state index contributed by atoms with van der Waals surface area (Å²) in [6, 6.07) is 7.72. The zero-order valence-electron chi connectivity index (χ0n) is 16.8. The molecule has 7 nitrogen and oxygen atoms in total. The van der Waals surface area contributed by atoms with Crippen molar-refractivity contribution in [3.05, 3.63) is 29.8 Å². The lowest BCUT2D eigenvalue weighted by Crippen LogP contribution is -2.43. The molecule has 0 atom stereocenters. The molecule has 0 aliphatic carbocycles. The zero-order chi connectivity index (χ0) is 19.6. The molecule has 1 aromatic rings. The van der Waals surface area contributed by atoms with Crippen LogP contribution < -0.4 is 21.3 Å². The Morgan fingerprint density at radius 1 is 1.07 bits per heavy atom. The first-order valence-corrected chi connectivity index (χ1v) is 8.89. The summed E-state index contributed by atoms with van der Waals surface area (Å²) < 4.78 is 0. The van der Waals surface area contributed by atoms with Crippen LogP contribution in [-0.2, 0) is 16.0 Å². The molecule has 0 saturated carbocycles. The van der Waals surface area contributed by atoms with E-state index in [1.54, 1.807) is 0 Å². The van der Waals surface area contributed by atoms with Crippen LogP contribution in [0.4, 0.5) is 5.69 Å². The number of anilines is 1. The summed E-state index contributed by atoms with van der Waals surface area (Å²) >= 11 is 0. The van der Waals surface area contributed by atoms with Gasteiger partial charge in [0.05, 0.1) is 0 Å². The predicted molar refractivity (Wildman–Crippen MR) is 122 cm³/mol. The molecule has 0 aliphatic rings. The Kier molecular flexibility index (Phi) is 11.7. The van der Waals surface area contributed by atoms with Gasteiger partial charge in [0.25, 0.3) is 0 Å². The van der Waals surface area contributed by atoms with E-state index in [0.29, 0.717) is 12.5 Å². The van der Waals surface area contributed by atoms with Gasteiger partial charge < -0.3 is 21.3 Å². The Labute approximate surface area is 179 Å². The van der Waals surface area contributed by atoms with Crippen molar-refractivity contribution in [3.8, 4) is 0 Å². The van der Waals surface area contributed by atoms with Crippen LogP contribution in [0, 0.1) is 0 Å². The number of halogens is 1. The van der Waals surface area contributed by atoms with Gasteiger partial charge in [0.1, 0.15) is 6.54 Å². The fraction of sp³-hybridized carbons (Fsp3) is 0.526. The molecule has 0 unspecified atom stereocenters. The number of carbonyl (C=O) groups is 2. The van der Waals surface area contributed by atoms with Crippen LogP contribution in [0.2, 0.25) is 0 Å². The van der Waals surface area contributed by atoms with Crippen molar-refractivity contribution >= 4 is 47.4 Å². The minimum Gasteiger partial charge on any atom is -0.357 e. The fourth-order valence-electron chi connectivity index (χ4n) is 2.23. The van der Waals surface area contributed by atoms with Crippen LogP contribution in [0.1, 0.15) is 40.2 Å². The highest BCUT2D eigenvalue weighted by atomic mass is 127. The van der Waals surface area contributed by atoms with E-state index in [1.807, 2.05) is 52.0 Å². The fourth-order valence-corrected chi connectivity index (χ4v) is 2.23. The summed E-state index contributed by atoms with van der Waals surface area (Å²) in [4.78, 5) is 27.2. The number of rotatable bonds is 7. The molecule has 0 heterocycles. The SMILES string of the molecule is CCNC(=NCC(=O)NC(C)(C)C)NCCc1ccc(NC(C)=O)cc1.I. The second-order valence-electron chi connectivity index (χ2n) is 7.05. The van der Waals surface area contributed by atoms with Gasteiger partial charge in [-0.05, 0) is 51.8 Å². The van der Waals surface area contributed by atoms with Crippen molar-refractivity contribution in [1.29, 1.82) is 0 Å². The summed E-state index contributed by atoms with van der Waals surface area (Å²) in [6.07, 6.45) is 0.805. The number of guanidine groups is 1. The molecule has 0 bridgehead atoms. The van der Waals surface area contributed by atoms with Crippen LogP contribution in [0.3, 0.4) is 0 Å². The second kappa shape index (κ2) is 12.5. The highest BCUT2D eigenvalue weighted by molar-refractivity contribution is 14.0. The number of benzene rings is 1. The molecule has 152 valence electrons. The Morgan fingerprint density at radius 3 is 2.22 bits per heavy atom. The molecule has 0 fully saturated rings. The van der Waals surface area contributed by atoms with Crippen molar-refractivity contribution in [2.45, 2.75) is 46.6 Å². The summed E-state index contributed by atoms with van der Waals surface area (Å²) in [5.41, 5.74) is 1.67. The van der Waals surface area contributed by atoms with Gasteiger partial charge >= 0.3 is 0 Å². The molecular formula is C19H32IN5O2. The first-order chi connectivity index (χ1) is 12.2. The minimum atomic E-state index is -0.262. The summed E-state index contributed by atoms with van der Waals surface area (Å²) in [7, 11) is 0. The summed E-state index contributed by atoms with van der Waals surface area (Å²) in [6.45, 7) is 10.8. The van der Waals surface area contributed by atoms with E-state index in [1.165, 1.54) is 6.92 Å². The van der Waals surface area contributed by atoms with Gasteiger partial charge in [-0.3, -0.25) is 9.59 Å². The molecule has 8 heteroatoms. The van der Waals surface area contributed by atoms with Crippen molar-refractivity contribution < 1.29 is 9.59 Å². The number of amides is 2. The first kappa shape index (κ1) is 25.2. The largest absolute Gasteiger partial charge is 0.357 e. The van der Waals surface area contributed by atoms with Gasteiger partial charge in [0.2, 0.25) is 11.8 Å². The lowest BCUT2D eigenvalue weighted by atomic mass is 10.1. The maximum Gasteiger partial charge on any atom is 0.242 e. The Morgan fingerprint density at radius 2 is 1.70 bits per heavy atom. The first-order valence-electron chi connectivity index (χ1n) is 8.89. The molecule has 0 aromatic heterocycles. The smallest absolute Gasteiger partial charge is 0.242 e. The number of carbonyl (C=O) groups excluding carboxylic acids is 2. The van der Waals surface area contributed by atoms with Crippen LogP contribution in [0.5, 0.6) is 0 Å². The number of nitrogens with zero attached hydrogens (tertiary/aromatic N) is 1. The van der Waals surface area contributed by atoms with Crippen LogP contribution in [0.25, 0.3) is 0 Å². The van der Waals surface area contributed by atoms with Crippen LogP contribution in [-0.4, -0.2) is 42.9 Å². The van der Waals surface area contributed by atoms with Crippen LogP contribution >= 0.6 is 24.0 Å². The Hall–Kier alpha value is -1.84. The third-order valence-corrected chi connectivity index (χ3v) is 3.22. The molecule has 0 spiro atoms. The van der Waals surface area contributed by atoms with Crippen molar-refractivity contribution in [3.63, 3.8) is 0 Å². The zero-order valence-corrected chi connectivity index (χ0v) is 19.1. The molecule has 0 saturated heterocycles. The number of hydrogen-bond donors (Lipinski definition) is 4. The van der Waals surface area contributed by atoms with Crippen LogP contribution in [0.15, 0.2) is 29.3 Å². The van der Waals surface area contributed by atoms with Crippen molar-refractivity contribution in [2.24, 2.45) is 4.99 Å². The minimum absolute atomic E-state index is 0. The average molecular weight is 489 g/mol. The monoisotopic (exact) mass is 489 g/mol. The molecular weight excluding hydrogens is 457 g/mol. The Balaban J connectivity index is 0.00000676. The normalized spacial score (nSPS) is 11.2. The number of hydrogen-bond acceptors (Lipinski definition) is 3. The van der Waals surface area contributed by atoms with Gasteiger partial charge in [0, 0.05) is 31.2 Å². The van der Waals surface area contributed by atoms with E-state index < -0.39 is 0 Å².